The predicted molar refractivity (Wildman–Crippen MR) is 136 cm³/mol. The van der Waals surface area contributed by atoms with Crippen molar-refractivity contribution in [1.82, 2.24) is 19.9 Å². The molecule has 2 aromatic heterocycles. The highest BCUT2D eigenvalue weighted by atomic mass is 16.1. The first-order chi connectivity index (χ1) is 16.6. The first kappa shape index (κ1) is 23.1. The molecule has 0 bridgehead atoms. The van der Waals surface area contributed by atoms with Gasteiger partial charge in [0.25, 0.3) is 0 Å². The fourth-order valence-corrected chi connectivity index (χ4v) is 5.67. The molecule has 5 rings (SSSR count). The molecule has 1 aromatic carbocycles. The number of hydrogen-bond acceptors (Lipinski definition) is 5. The highest BCUT2D eigenvalue weighted by molar-refractivity contribution is 6.07. The van der Waals surface area contributed by atoms with E-state index in [-0.39, 0.29) is 5.78 Å². The van der Waals surface area contributed by atoms with Crippen LogP contribution in [0.2, 0.25) is 0 Å². The molecule has 3 heterocycles. The van der Waals surface area contributed by atoms with Crippen LogP contribution >= 0.6 is 0 Å². The number of nitrogens with zero attached hydrogens (tertiary/aromatic N) is 4. The zero-order valence-electron chi connectivity index (χ0n) is 20.5. The van der Waals surface area contributed by atoms with Crippen molar-refractivity contribution in [1.29, 1.82) is 0 Å². The Labute approximate surface area is 203 Å². The number of carbonyl (C=O) groups excluding carboxylic acids is 1. The van der Waals surface area contributed by atoms with Crippen molar-refractivity contribution in [2.24, 2.45) is 11.8 Å². The Morgan fingerprint density at radius 1 is 1.06 bits per heavy atom. The summed E-state index contributed by atoms with van der Waals surface area (Å²) in [6.07, 6.45) is 11.7. The van der Waals surface area contributed by atoms with Crippen LogP contribution in [0.5, 0.6) is 0 Å². The largest absolute Gasteiger partial charge is 0.299 e. The second kappa shape index (κ2) is 10.3. The third-order valence-corrected chi connectivity index (χ3v) is 7.79. The van der Waals surface area contributed by atoms with Crippen molar-refractivity contribution in [3.63, 3.8) is 0 Å². The van der Waals surface area contributed by atoms with E-state index in [0.717, 1.165) is 54.3 Å². The molecule has 34 heavy (non-hydrogen) atoms. The molecule has 0 atom stereocenters. The van der Waals surface area contributed by atoms with E-state index in [9.17, 15) is 4.79 Å². The molecule has 2 aliphatic rings. The first-order valence-electron chi connectivity index (χ1n) is 13.0. The van der Waals surface area contributed by atoms with Crippen molar-refractivity contribution in [2.75, 3.05) is 13.1 Å². The summed E-state index contributed by atoms with van der Waals surface area (Å²) in [5.74, 6) is 2.94. The maximum absolute atomic E-state index is 13.1. The van der Waals surface area contributed by atoms with E-state index in [1.807, 2.05) is 30.3 Å². The molecule has 1 aliphatic carbocycles. The lowest BCUT2D eigenvalue weighted by molar-refractivity contribution is 0.0941. The lowest BCUT2D eigenvalue weighted by Crippen LogP contribution is -2.33. The molecule has 0 N–H and O–H groups in total. The quantitative estimate of drug-likeness (QED) is 0.410. The van der Waals surface area contributed by atoms with Crippen molar-refractivity contribution < 1.29 is 4.79 Å². The van der Waals surface area contributed by atoms with Gasteiger partial charge in [0.2, 0.25) is 0 Å². The summed E-state index contributed by atoms with van der Waals surface area (Å²) in [5, 5.41) is 0.984. The number of fused-ring (bicyclic) bond motifs is 2. The molecular weight excluding hydrogens is 420 g/mol. The smallest absolute Gasteiger partial charge is 0.163 e. The highest BCUT2D eigenvalue weighted by Gasteiger charge is 2.25. The van der Waals surface area contributed by atoms with Gasteiger partial charge in [0.05, 0.1) is 5.52 Å². The zero-order valence-corrected chi connectivity index (χ0v) is 20.5. The van der Waals surface area contributed by atoms with Gasteiger partial charge in [-0.3, -0.25) is 14.7 Å². The first-order valence-corrected chi connectivity index (χ1v) is 13.0. The fraction of sp³-hybridized carbons (Fsp3) is 0.517. The second-order valence-corrected chi connectivity index (χ2v) is 10.6. The summed E-state index contributed by atoms with van der Waals surface area (Å²) in [6.45, 7) is 7.55. The van der Waals surface area contributed by atoms with Crippen molar-refractivity contribution in [3.05, 3.63) is 65.4 Å². The minimum atomic E-state index is 0.275. The minimum absolute atomic E-state index is 0.275. The van der Waals surface area contributed by atoms with Gasteiger partial charge in [-0.05, 0) is 49.8 Å². The van der Waals surface area contributed by atoms with Gasteiger partial charge in [-0.1, -0.05) is 44.9 Å². The molecule has 0 radical (unpaired) electrons. The maximum atomic E-state index is 13.1. The third kappa shape index (κ3) is 5.20. The number of aromatic nitrogens is 3. The number of benzene rings is 1. The SMILES string of the molecule is CC(C)c1ncc2c(n1)CCN(CCC1CCC(CC(=O)c3cccc4ncccc34)CC1)C2. The summed E-state index contributed by atoms with van der Waals surface area (Å²) < 4.78 is 0. The number of carbonyl (C=O) groups is 1. The Kier molecular flexibility index (Phi) is 7.00. The Morgan fingerprint density at radius 3 is 2.71 bits per heavy atom. The molecule has 5 heteroatoms. The van der Waals surface area contributed by atoms with Crippen molar-refractivity contribution in [2.45, 2.75) is 71.3 Å². The molecule has 0 spiro atoms. The molecule has 0 unspecified atom stereocenters. The Morgan fingerprint density at radius 2 is 1.88 bits per heavy atom. The van der Waals surface area contributed by atoms with E-state index < -0.39 is 0 Å². The highest BCUT2D eigenvalue weighted by Crippen LogP contribution is 2.34. The molecular formula is C29H36N4O. The van der Waals surface area contributed by atoms with Crippen LogP contribution in [-0.4, -0.2) is 38.7 Å². The molecule has 1 saturated carbocycles. The van der Waals surface area contributed by atoms with Gasteiger partial charge in [-0.2, -0.15) is 0 Å². The van der Waals surface area contributed by atoms with Crippen LogP contribution < -0.4 is 0 Å². The van der Waals surface area contributed by atoms with E-state index in [4.69, 9.17) is 4.98 Å². The van der Waals surface area contributed by atoms with Gasteiger partial charge < -0.3 is 0 Å². The summed E-state index contributed by atoms with van der Waals surface area (Å²) in [5.41, 5.74) is 4.30. The molecule has 1 fully saturated rings. The van der Waals surface area contributed by atoms with E-state index in [0.29, 0.717) is 18.3 Å². The fourth-order valence-electron chi connectivity index (χ4n) is 5.67. The monoisotopic (exact) mass is 456 g/mol. The van der Waals surface area contributed by atoms with Gasteiger partial charge in [-0.15, -0.1) is 0 Å². The number of hydrogen-bond donors (Lipinski definition) is 0. The van der Waals surface area contributed by atoms with Crippen LogP contribution in [0.4, 0.5) is 0 Å². The van der Waals surface area contributed by atoms with Gasteiger partial charge in [-0.25, -0.2) is 9.97 Å². The third-order valence-electron chi connectivity index (χ3n) is 7.79. The van der Waals surface area contributed by atoms with E-state index >= 15 is 0 Å². The molecule has 178 valence electrons. The lowest BCUT2D eigenvalue weighted by Gasteiger charge is -2.32. The van der Waals surface area contributed by atoms with Crippen LogP contribution in [0.3, 0.4) is 0 Å². The second-order valence-electron chi connectivity index (χ2n) is 10.6. The van der Waals surface area contributed by atoms with Gasteiger partial charge in [0.1, 0.15) is 5.82 Å². The Bertz CT molecular complexity index is 1140. The number of ketones is 1. The zero-order chi connectivity index (χ0) is 23.5. The number of pyridine rings is 1. The molecule has 0 saturated heterocycles. The van der Waals surface area contributed by atoms with Crippen LogP contribution in [0, 0.1) is 11.8 Å². The molecule has 3 aromatic rings. The molecule has 5 nitrogen and oxygen atoms in total. The standard InChI is InChI=1S/C29H36N4O/c1-20(2)29-31-18-23-19-33(16-13-26(23)32-29)15-12-21-8-10-22(11-9-21)17-28(34)25-5-3-7-27-24(25)6-4-14-30-27/h3-7,14,18,20-22H,8-13,15-17,19H2,1-2H3. The normalized spacial score (nSPS) is 21.0. The summed E-state index contributed by atoms with van der Waals surface area (Å²) >= 11 is 0. The van der Waals surface area contributed by atoms with Crippen LogP contribution in [-0.2, 0) is 13.0 Å². The van der Waals surface area contributed by atoms with Gasteiger partial charge >= 0.3 is 0 Å². The van der Waals surface area contributed by atoms with Gasteiger partial charge in [0.15, 0.2) is 5.78 Å². The predicted octanol–water partition coefficient (Wildman–Crippen LogP) is 5.98. The van der Waals surface area contributed by atoms with Crippen LogP contribution in [0.1, 0.15) is 85.7 Å². The number of Topliss-reactive ketones (excluding diaryl/α,β-unsaturated/α-hetero) is 1. The molecule has 0 amide bonds. The summed E-state index contributed by atoms with van der Waals surface area (Å²) in [4.78, 5) is 29.4. The van der Waals surface area contributed by atoms with Crippen LogP contribution in [0.25, 0.3) is 10.9 Å². The van der Waals surface area contributed by atoms with E-state index in [1.54, 1.807) is 6.20 Å². The topological polar surface area (TPSA) is 59.0 Å². The average molecular weight is 457 g/mol. The van der Waals surface area contributed by atoms with E-state index in [2.05, 4.69) is 34.9 Å². The Balaban J connectivity index is 1.08. The average Bonchev–Trinajstić information content (AvgIpc) is 2.87. The summed E-state index contributed by atoms with van der Waals surface area (Å²) in [7, 11) is 0. The molecule has 1 aliphatic heterocycles. The Hall–Kier alpha value is -2.66. The lowest BCUT2D eigenvalue weighted by atomic mass is 9.78. The summed E-state index contributed by atoms with van der Waals surface area (Å²) in [6, 6.07) is 9.83. The maximum Gasteiger partial charge on any atom is 0.163 e. The minimum Gasteiger partial charge on any atom is -0.299 e. The van der Waals surface area contributed by atoms with E-state index in [1.165, 1.54) is 43.4 Å². The van der Waals surface area contributed by atoms with Crippen molar-refractivity contribution in [3.8, 4) is 0 Å². The van der Waals surface area contributed by atoms with Crippen LogP contribution in [0.15, 0.2) is 42.7 Å². The van der Waals surface area contributed by atoms with Gasteiger partial charge in [0, 0.05) is 66.4 Å². The number of rotatable bonds is 7. The van der Waals surface area contributed by atoms with Crippen molar-refractivity contribution >= 4 is 16.7 Å².